The highest BCUT2D eigenvalue weighted by Crippen LogP contribution is 2.30. The van der Waals surface area contributed by atoms with Crippen LogP contribution < -0.4 is 10.9 Å². The van der Waals surface area contributed by atoms with Crippen LogP contribution in [0, 0.1) is 0 Å². The summed E-state index contributed by atoms with van der Waals surface area (Å²) in [7, 11) is 0. The number of aryl methyl sites for hydroxylation is 1. The molecule has 0 saturated carbocycles. The van der Waals surface area contributed by atoms with Gasteiger partial charge in [-0.05, 0) is 36.6 Å². The molecule has 146 valence electrons. The van der Waals surface area contributed by atoms with Gasteiger partial charge in [0, 0.05) is 16.6 Å². The highest BCUT2D eigenvalue weighted by Gasteiger charge is 2.20. The van der Waals surface area contributed by atoms with E-state index in [9.17, 15) is 9.59 Å². The van der Waals surface area contributed by atoms with Crippen LogP contribution in [0.25, 0.3) is 21.3 Å². The van der Waals surface area contributed by atoms with Crippen LogP contribution in [-0.2, 0) is 11.2 Å². The van der Waals surface area contributed by atoms with Crippen molar-refractivity contribution in [2.45, 2.75) is 26.3 Å². The number of aromatic nitrogens is 2. The molecule has 6 heteroatoms. The molecule has 0 bridgehead atoms. The van der Waals surface area contributed by atoms with Gasteiger partial charge in [-0.3, -0.25) is 14.2 Å². The molecule has 0 fully saturated rings. The molecule has 0 aliphatic rings. The van der Waals surface area contributed by atoms with Gasteiger partial charge in [0.25, 0.3) is 5.56 Å². The first-order valence-corrected chi connectivity index (χ1v) is 10.4. The van der Waals surface area contributed by atoms with E-state index < -0.39 is 6.04 Å². The molecule has 2 aromatic heterocycles. The molecule has 1 N–H and O–H groups in total. The van der Waals surface area contributed by atoms with Gasteiger partial charge in [0.1, 0.15) is 10.9 Å². The first kappa shape index (κ1) is 19.1. The maximum absolute atomic E-state index is 13.2. The minimum absolute atomic E-state index is 0.209. The predicted octanol–water partition coefficient (Wildman–Crippen LogP) is 4.89. The van der Waals surface area contributed by atoms with E-state index in [4.69, 9.17) is 0 Å². The quantitative estimate of drug-likeness (QED) is 0.516. The summed E-state index contributed by atoms with van der Waals surface area (Å²) in [5.41, 5.74) is 3.51. The Hall–Kier alpha value is -3.25. The highest BCUT2D eigenvalue weighted by atomic mass is 32.1. The molecule has 29 heavy (non-hydrogen) atoms. The van der Waals surface area contributed by atoms with Crippen LogP contribution in [0.2, 0.25) is 0 Å². The number of nitrogens with one attached hydrogen (secondary N) is 1. The second-order valence-corrected chi connectivity index (χ2v) is 7.73. The second kappa shape index (κ2) is 8.01. The van der Waals surface area contributed by atoms with E-state index in [1.165, 1.54) is 27.8 Å². The summed E-state index contributed by atoms with van der Waals surface area (Å²) in [6.07, 6.45) is 2.40. The number of benzene rings is 2. The van der Waals surface area contributed by atoms with E-state index in [1.54, 1.807) is 6.92 Å². The fraction of sp³-hybridized carbons (Fsp3) is 0.174. The summed E-state index contributed by atoms with van der Waals surface area (Å²) >= 11 is 1.43. The monoisotopic (exact) mass is 403 g/mol. The third kappa shape index (κ3) is 3.71. The molecule has 1 atom stereocenters. The fourth-order valence-electron chi connectivity index (χ4n) is 3.25. The van der Waals surface area contributed by atoms with Crippen molar-refractivity contribution in [3.63, 3.8) is 0 Å². The minimum Gasteiger partial charge on any atom is -0.324 e. The van der Waals surface area contributed by atoms with Crippen molar-refractivity contribution in [2.75, 3.05) is 5.32 Å². The van der Waals surface area contributed by atoms with E-state index >= 15 is 0 Å². The largest absolute Gasteiger partial charge is 0.324 e. The van der Waals surface area contributed by atoms with Crippen LogP contribution in [0.4, 0.5) is 5.69 Å². The summed E-state index contributed by atoms with van der Waals surface area (Å²) in [5, 5.41) is 5.38. The van der Waals surface area contributed by atoms with Gasteiger partial charge in [0.15, 0.2) is 0 Å². The number of hydrogen-bond acceptors (Lipinski definition) is 4. The van der Waals surface area contributed by atoms with Crippen molar-refractivity contribution < 1.29 is 4.79 Å². The lowest BCUT2D eigenvalue weighted by Crippen LogP contribution is -2.31. The van der Waals surface area contributed by atoms with Crippen LogP contribution in [0.1, 0.15) is 25.5 Å². The van der Waals surface area contributed by atoms with Crippen LogP contribution in [-0.4, -0.2) is 15.5 Å². The number of nitrogens with zero attached hydrogens (tertiary/aromatic N) is 2. The summed E-state index contributed by atoms with van der Waals surface area (Å²) in [6.45, 7) is 3.79. The molecular formula is C23H21N3O2S. The van der Waals surface area contributed by atoms with Crippen molar-refractivity contribution >= 4 is 33.1 Å². The molecule has 0 radical (unpaired) electrons. The first-order valence-electron chi connectivity index (χ1n) is 9.52. The number of anilines is 1. The molecule has 0 unspecified atom stereocenters. The number of hydrogen-bond donors (Lipinski definition) is 1. The lowest BCUT2D eigenvalue weighted by atomic mass is 10.1. The van der Waals surface area contributed by atoms with Gasteiger partial charge in [-0.25, -0.2) is 4.98 Å². The topological polar surface area (TPSA) is 64.0 Å². The molecule has 5 nitrogen and oxygen atoms in total. The number of fused-ring (bicyclic) bond motifs is 1. The van der Waals surface area contributed by atoms with Gasteiger partial charge in [0.2, 0.25) is 5.91 Å². The number of thiophene rings is 1. The Kier molecular flexibility index (Phi) is 5.27. The third-order valence-electron chi connectivity index (χ3n) is 5.03. The fourth-order valence-corrected chi connectivity index (χ4v) is 4.15. The van der Waals surface area contributed by atoms with E-state index in [2.05, 4.69) is 17.2 Å². The normalized spacial score (nSPS) is 12.1. The van der Waals surface area contributed by atoms with Gasteiger partial charge in [-0.1, -0.05) is 49.4 Å². The Morgan fingerprint density at radius 3 is 2.55 bits per heavy atom. The van der Waals surface area contributed by atoms with Gasteiger partial charge in [-0.2, -0.15) is 0 Å². The van der Waals surface area contributed by atoms with Gasteiger partial charge in [0.05, 0.1) is 11.7 Å². The lowest BCUT2D eigenvalue weighted by Gasteiger charge is -2.15. The maximum Gasteiger partial charge on any atom is 0.263 e. The smallest absolute Gasteiger partial charge is 0.263 e. The maximum atomic E-state index is 13.2. The van der Waals surface area contributed by atoms with Crippen molar-refractivity contribution in [2.24, 2.45) is 0 Å². The van der Waals surface area contributed by atoms with E-state index in [0.717, 1.165) is 17.5 Å². The summed E-state index contributed by atoms with van der Waals surface area (Å²) in [6, 6.07) is 16.8. The van der Waals surface area contributed by atoms with Crippen molar-refractivity contribution in [3.05, 3.63) is 82.2 Å². The Balaban J connectivity index is 1.67. The predicted molar refractivity (Wildman–Crippen MR) is 118 cm³/mol. The van der Waals surface area contributed by atoms with Crippen LogP contribution in [0.5, 0.6) is 0 Å². The lowest BCUT2D eigenvalue weighted by molar-refractivity contribution is -0.118. The minimum atomic E-state index is -0.686. The van der Waals surface area contributed by atoms with E-state index in [0.29, 0.717) is 15.9 Å². The highest BCUT2D eigenvalue weighted by molar-refractivity contribution is 7.17. The zero-order valence-corrected chi connectivity index (χ0v) is 17.1. The molecule has 0 aliphatic carbocycles. The molecule has 0 saturated heterocycles. The van der Waals surface area contributed by atoms with Gasteiger partial charge in [-0.15, -0.1) is 11.3 Å². The number of carbonyl (C=O) groups is 1. The van der Waals surface area contributed by atoms with Crippen molar-refractivity contribution in [3.8, 4) is 11.1 Å². The Bertz CT molecular complexity index is 1210. The zero-order valence-electron chi connectivity index (χ0n) is 16.3. The molecule has 1 amide bonds. The van der Waals surface area contributed by atoms with Gasteiger partial charge < -0.3 is 5.32 Å². The Morgan fingerprint density at radius 1 is 1.14 bits per heavy atom. The molecule has 2 heterocycles. The SMILES string of the molecule is CCc1ccc(NC(=O)[C@H](C)n2cnc3scc(-c4ccccc4)c3c2=O)cc1. The average molecular weight is 404 g/mol. The zero-order chi connectivity index (χ0) is 20.4. The number of amides is 1. The Labute approximate surface area is 172 Å². The summed E-state index contributed by atoms with van der Waals surface area (Å²) in [5.74, 6) is -0.256. The Morgan fingerprint density at radius 2 is 1.86 bits per heavy atom. The van der Waals surface area contributed by atoms with Crippen LogP contribution in [0.15, 0.2) is 71.1 Å². The molecule has 2 aromatic carbocycles. The van der Waals surface area contributed by atoms with E-state index in [1.807, 2.05) is 60.0 Å². The van der Waals surface area contributed by atoms with Crippen molar-refractivity contribution in [1.82, 2.24) is 9.55 Å². The molecular weight excluding hydrogens is 382 g/mol. The summed E-state index contributed by atoms with van der Waals surface area (Å²) in [4.78, 5) is 31.1. The van der Waals surface area contributed by atoms with Crippen molar-refractivity contribution in [1.29, 1.82) is 0 Å². The molecule has 4 rings (SSSR count). The van der Waals surface area contributed by atoms with Crippen LogP contribution >= 0.6 is 11.3 Å². The average Bonchev–Trinajstić information content (AvgIpc) is 3.20. The van der Waals surface area contributed by atoms with Crippen LogP contribution in [0.3, 0.4) is 0 Å². The first-order chi connectivity index (χ1) is 14.1. The molecule has 0 aliphatic heterocycles. The standard InChI is InChI=1S/C23H21N3O2S/c1-3-16-9-11-18(12-10-16)25-21(27)15(2)26-14-24-22-20(23(26)28)19(13-29-22)17-7-5-4-6-8-17/h4-15H,3H2,1-2H3,(H,25,27)/t15-/m0/s1. The molecule has 0 spiro atoms. The number of carbonyl (C=O) groups excluding carboxylic acids is 1. The summed E-state index contributed by atoms with van der Waals surface area (Å²) < 4.78 is 1.40. The number of rotatable bonds is 5. The molecule has 4 aromatic rings. The second-order valence-electron chi connectivity index (χ2n) is 6.87. The van der Waals surface area contributed by atoms with Gasteiger partial charge >= 0.3 is 0 Å². The third-order valence-corrected chi connectivity index (χ3v) is 5.92. The van der Waals surface area contributed by atoms with E-state index in [-0.39, 0.29) is 11.5 Å².